The molecule has 4 heterocycles. The second-order valence-corrected chi connectivity index (χ2v) is 7.88. The molecule has 0 unspecified atom stereocenters. The minimum atomic E-state index is 0.493. The Kier molecular flexibility index (Phi) is 5.05. The standard InChI is InChI=1S/C22H17Cl2N7/c1-13-3-2-4-18(28-13)21-20(14-7-8-31-19(9-14)26-12-27-31)29-22(30-21)25-11-15-5-6-16(23)10-17(15)24/h2-10,12H,11H2,1H3,(H2,25,29,30). The van der Waals surface area contributed by atoms with Gasteiger partial charge in [0, 0.05) is 34.0 Å². The second kappa shape index (κ2) is 8.02. The Balaban J connectivity index is 1.54. The number of nitrogens with one attached hydrogen (secondary N) is 2. The smallest absolute Gasteiger partial charge is 0.201 e. The third-order valence-corrected chi connectivity index (χ3v) is 5.45. The van der Waals surface area contributed by atoms with E-state index < -0.39 is 0 Å². The number of fused-ring (bicyclic) bond motifs is 1. The maximum Gasteiger partial charge on any atom is 0.201 e. The van der Waals surface area contributed by atoms with Crippen LogP contribution in [-0.4, -0.2) is 29.5 Å². The molecule has 0 spiro atoms. The molecule has 7 nitrogen and oxygen atoms in total. The molecule has 5 rings (SSSR count). The summed E-state index contributed by atoms with van der Waals surface area (Å²) in [5.74, 6) is 0.612. The van der Waals surface area contributed by atoms with Gasteiger partial charge in [-0.2, -0.15) is 5.10 Å². The van der Waals surface area contributed by atoms with Crippen LogP contribution in [-0.2, 0) is 6.54 Å². The number of anilines is 1. The molecule has 0 bridgehead atoms. The molecule has 5 aromatic rings. The van der Waals surface area contributed by atoms with Gasteiger partial charge in [0.05, 0.1) is 11.4 Å². The summed E-state index contributed by atoms with van der Waals surface area (Å²) in [7, 11) is 0. The van der Waals surface area contributed by atoms with Crippen LogP contribution in [0, 0.1) is 6.92 Å². The molecule has 0 fully saturated rings. The molecule has 0 saturated carbocycles. The summed E-state index contributed by atoms with van der Waals surface area (Å²) in [4.78, 5) is 17.1. The van der Waals surface area contributed by atoms with Gasteiger partial charge in [0.25, 0.3) is 0 Å². The predicted octanol–water partition coefficient (Wildman–Crippen LogP) is 5.41. The molecule has 154 valence electrons. The van der Waals surface area contributed by atoms with Gasteiger partial charge in [-0.05, 0) is 48.9 Å². The van der Waals surface area contributed by atoms with Crippen LogP contribution in [0.25, 0.3) is 28.3 Å². The van der Waals surface area contributed by atoms with Crippen molar-refractivity contribution in [1.82, 2.24) is 29.5 Å². The first-order valence-electron chi connectivity index (χ1n) is 9.58. The third kappa shape index (κ3) is 3.97. The zero-order valence-corrected chi connectivity index (χ0v) is 18.0. The highest BCUT2D eigenvalue weighted by Crippen LogP contribution is 2.31. The fourth-order valence-electron chi connectivity index (χ4n) is 3.34. The number of imidazole rings is 1. The van der Waals surface area contributed by atoms with Crippen LogP contribution in [0.3, 0.4) is 0 Å². The SMILES string of the molecule is Cc1cccc(-c2[nH]c(NCc3ccc(Cl)cc3Cl)nc2-c2ccn3ncnc3c2)n1. The lowest BCUT2D eigenvalue weighted by Crippen LogP contribution is -2.01. The van der Waals surface area contributed by atoms with Crippen molar-refractivity contribution in [1.29, 1.82) is 0 Å². The molecule has 0 amide bonds. The lowest BCUT2D eigenvalue weighted by molar-refractivity contribution is 0.961. The van der Waals surface area contributed by atoms with Crippen molar-refractivity contribution >= 4 is 34.8 Å². The fourth-order valence-corrected chi connectivity index (χ4v) is 3.82. The quantitative estimate of drug-likeness (QED) is 0.374. The van der Waals surface area contributed by atoms with Crippen LogP contribution in [0.15, 0.2) is 61.1 Å². The summed E-state index contributed by atoms with van der Waals surface area (Å²) in [6.45, 7) is 2.45. The Hall–Kier alpha value is -3.42. The van der Waals surface area contributed by atoms with Crippen molar-refractivity contribution in [2.24, 2.45) is 0 Å². The van der Waals surface area contributed by atoms with Crippen molar-refractivity contribution in [3.05, 3.63) is 82.4 Å². The van der Waals surface area contributed by atoms with Crippen LogP contribution in [0.1, 0.15) is 11.3 Å². The van der Waals surface area contributed by atoms with Gasteiger partial charge in [-0.25, -0.2) is 14.5 Å². The number of hydrogen-bond acceptors (Lipinski definition) is 5. The summed E-state index contributed by atoms with van der Waals surface area (Å²) in [6.07, 6.45) is 3.38. The normalized spacial score (nSPS) is 11.2. The van der Waals surface area contributed by atoms with E-state index >= 15 is 0 Å². The van der Waals surface area contributed by atoms with Crippen molar-refractivity contribution < 1.29 is 0 Å². The average Bonchev–Trinajstić information content (AvgIpc) is 3.39. The minimum Gasteiger partial charge on any atom is -0.352 e. The van der Waals surface area contributed by atoms with Crippen LogP contribution >= 0.6 is 23.2 Å². The van der Waals surface area contributed by atoms with Gasteiger partial charge < -0.3 is 10.3 Å². The highest BCUT2D eigenvalue weighted by Gasteiger charge is 2.16. The lowest BCUT2D eigenvalue weighted by Gasteiger charge is -2.06. The molecule has 2 N–H and O–H groups in total. The molecule has 4 aromatic heterocycles. The van der Waals surface area contributed by atoms with E-state index in [0.29, 0.717) is 22.5 Å². The zero-order valence-electron chi connectivity index (χ0n) is 16.5. The predicted molar refractivity (Wildman–Crippen MR) is 122 cm³/mol. The van der Waals surface area contributed by atoms with Gasteiger partial charge in [0.2, 0.25) is 5.95 Å². The Morgan fingerprint density at radius 1 is 1.06 bits per heavy atom. The van der Waals surface area contributed by atoms with E-state index in [-0.39, 0.29) is 0 Å². The van der Waals surface area contributed by atoms with Gasteiger partial charge in [-0.15, -0.1) is 0 Å². The summed E-state index contributed by atoms with van der Waals surface area (Å²) >= 11 is 12.3. The molecule has 0 aliphatic carbocycles. The molecule has 31 heavy (non-hydrogen) atoms. The van der Waals surface area contributed by atoms with Gasteiger partial charge in [-0.1, -0.05) is 35.3 Å². The number of H-pyrrole nitrogens is 1. The monoisotopic (exact) mass is 449 g/mol. The molecular weight excluding hydrogens is 433 g/mol. The number of halogens is 2. The third-order valence-electron chi connectivity index (χ3n) is 4.86. The number of benzene rings is 1. The first kappa shape index (κ1) is 19.5. The molecule has 0 aliphatic rings. The van der Waals surface area contributed by atoms with Gasteiger partial charge in [0.1, 0.15) is 12.0 Å². The Labute approximate surface area is 188 Å². The van der Waals surface area contributed by atoms with E-state index in [9.17, 15) is 0 Å². The maximum absolute atomic E-state index is 6.31. The average molecular weight is 450 g/mol. The van der Waals surface area contributed by atoms with E-state index in [0.717, 1.165) is 39.5 Å². The summed E-state index contributed by atoms with van der Waals surface area (Å²) < 4.78 is 1.71. The van der Waals surface area contributed by atoms with Crippen molar-refractivity contribution in [3.63, 3.8) is 0 Å². The number of aryl methyl sites for hydroxylation is 1. The first-order valence-corrected chi connectivity index (χ1v) is 10.3. The Morgan fingerprint density at radius 3 is 2.81 bits per heavy atom. The Morgan fingerprint density at radius 2 is 1.97 bits per heavy atom. The summed E-state index contributed by atoms with van der Waals surface area (Å²) in [5.41, 5.74) is 5.89. The van der Waals surface area contributed by atoms with Crippen LogP contribution in [0.4, 0.5) is 5.95 Å². The maximum atomic E-state index is 6.31. The Bertz CT molecular complexity index is 1390. The molecule has 0 atom stereocenters. The van der Waals surface area contributed by atoms with Gasteiger partial charge >= 0.3 is 0 Å². The van der Waals surface area contributed by atoms with Gasteiger partial charge in [-0.3, -0.25) is 4.98 Å². The van der Waals surface area contributed by atoms with Gasteiger partial charge in [0.15, 0.2) is 5.65 Å². The number of pyridine rings is 2. The second-order valence-electron chi connectivity index (χ2n) is 7.04. The van der Waals surface area contributed by atoms with Crippen molar-refractivity contribution in [2.75, 3.05) is 5.32 Å². The lowest BCUT2D eigenvalue weighted by atomic mass is 10.1. The number of nitrogens with zero attached hydrogens (tertiary/aromatic N) is 5. The van der Waals surface area contributed by atoms with Crippen molar-refractivity contribution in [2.45, 2.75) is 13.5 Å². The highest BCUT2D eigenvalue weighted by atomic mass is 35.5. The molecule has 9 heteroatoms. The largest absolute Gasteiger partial charge is 0.352 e. The minimum absolute atomic E-state index is 0.493. The highest BCUT2D eigenvalue weighted by molar-refractivity contribution is 6.35. The zero-order chi connectivity index (χ0) is 21.4. The van der Waals surface area contributed by atoms with E-state index in [1.165, 1.54) is 6.33 Å². The van der Waals surface area contributed by atoms with E-state index in [2.05, 4.69) is 25.4 Å². The molecule has 0 saturated heterocycles. The van der Waals surface area contributed by atoms with E-state index in [1.54, 1.807) is 10.6 Å². The fraction of sp³-hybridized carbons (Fsp3) is 0.0909. The molecular formula is C22H17Cl2N7. The topological polar surface area (TPSA) is 83.8 Å². The first-order chi connectivity index (χ1) is 15.1. The molecule has 0 aliphatic heterocycles. The summed E-state index contributed by atoms with van der Waals surface area (Å²) in [6, 6.07) is 15.2. The number of rotatable bonds is 5. The molecule has 0 radical (unpaired) electrons. The number of aromatic nitrogens is 6. The molecule has 1 aromatic carbocycles. The van der Waals surface area contributed by atoms with Crippen LogP contribution in [0.5, 0.6) is 0 Å². The van der Waals surface area contributed by atoms with Crippen LogP contribution < -0.4 is 5.32 Å². The number of hydrogen-bond donors (Lipinski definition) is 2. The van der Waals surface area contributed by atoms with Crippen LogP contribution in [0.2, 0.25) is 10.0 Å². The van der Waals surface area contributed by atoms with Crippen molar-refractivity contribution in [3.8, 4) is 22.6 Å². The summed E-state index contributed by atoms with van der Waals surface area (Å²) in [5, 5.41) is 8.68. The number of aromatic amines is 1. The van der Waals surface area contributed by atoms with E-state index in [4.69, 9.17) is 28.2 Å². The van der Waals surface area contributed by atoms with E-state index in [1.807, 2.05) is 55.6 Å².